The Kier molecular flexibility index (Phi) is 14.7. The summed E-state index contributed by atoms with van der Waals surface area (Å²) in [5, 5.41) is 24.9. The first kappa shape index (κ1) is 45.7. The van der Waals surface area contributed by atoms with E-state index in [2.05, 4.69) is 25.4 Å². The molecule has 60 heavy (non-hydrogen) atoms. The number of tetrazole rings is 1. The molecule has 0 spiro atoms. The van der Waals surface area contributed by atoms with E-state index in [1.165, 1.54) is 32.2 Å². The molecule has 0 saturated heterocycles. The van der Waals surface area contributed by atoms with Crippen LogP contribution in [-0.2, 0) is 49.2 Å². The first-order valence-electron chi connectivity index (χ1n) is 18.0. The molecule has 18 nitrogen and oxygen atoms in total. The Balaban J connectivity index is 1.66. The van der Waals surface area contributed by atoms with Gasteiger partial charge in [-0.05, 0) is 114 Å². The molecule has 5 rings (SSSR count). The molecule has 3 N–H and O–H groups in total. The third-order valence-electron chi connectivity index (χ3n) is 8.62. The maximum absolute atomic E-state index is 15.4. The van der Waals surface area contributed by atoms with Gasteiger partial charge >= 0.3 is 12.1 Å². The van der Waals surface area contributed by atoms with E-state index in [1.807, 2.05) is 22.6 Å². The zero-order chi connectivity index (χ0) is 43.8. The molecule has 0 fully saturated rings. The van der Waals surface area contributed by atoms with E-state index in [9.17, 15) is 23.1 Å². The Morgan fingerprint density at radius 2 is 1.30 bits per heavy atom. The minimum atomic E-state index is -4.91. The molecule has 1 aromatic heterocycles. The zero-order valence-corrected chi connectivity index (χ0v) is 37.2. The number of ether oxygens (including phenoxy) is 4. The number of nitrogens with zero attached hydrogens (tertiary/aromatic N) is 5. The second-order valence-corrected chi connectivity index (χ2v) is 18.9. The molecule has 0 radical (unpaired) electrons. The highest BCUT2D eigenvalue weighted by Crippen LogP contribution is 2.38. The van der Waals surface area contributed by atoms with Gasteiger partial charge in [-0.1, -0.05) is 36.4 Å². The average Bonchev–Trinajstić information content (AvgIpc) is 3.66. The third-order valence-corrected chi connectivity index (χ3v) is 13.0. The maximum Gasteiger partial charge on any atom is 0.408 e. The van der Waals surface area contributed by atoms with Crippen molar-refractivity contribution in [1.29, 1.82) is 0 Å². The minimum Gasteiger partial charge on any atom is -0.497 e. The predicted molar refractivity (Wildman–Crippen MR) is 226 cm³/mol. The first-order chi connectivity index (χ1) is 28.3. The van der Waals surface area contributed by atoms with E-state index in [4.69, 9.17) is 18.9 Å². The van der Waals surface area contributed by atoms with Crippen molar-refractivity contribution in [1.82, 2.24) is 34.6 Å². The molecule has 21 heteroatoms. The zero-order valence-electron chi connectivity index (χ0n) is 33.4. The maximum atomic E-state index is 15.4. The number of hydrogen-bond donors (Lipinski definition) is 3. The minimum absolute atomic E-state index is 0.123. The van der Waals surface area contributed by atoms with Crippen molar-refractivity contribution in [3.63, 3.8) is 0 Å². The van der Waals surface area contributed by atoms with Crippen molar-refractivity contribution < 1.29 is 50.5 Å². The number of methoxy groups -OCH3 is 3. The van der Waals surface area contributed by atoms with Gasteiger partial charge < -0.3 is 29.4 Å². The number of carbonyl (C=O) groups excluding carboxylic acids is 1. The summed E-state index contributed by atoms with van der Waals surface area (Å²) in [6.07, 6.45) is -1.11. The highest BCUT2D eigenvalue weighted by atomic mass is 127. The molecule has 0 bridgehead atoms. The molecular formula is C39H44IN7O11S2. The van der Waals surface area contributed by atoms with E-state index in [-0.39, 0.29) is 34.6 Å². The van der Waals surface area contributed by atoms with Crippen LogP contribution in [0.15, 0.2) is 94.7 Å². The lowest BCUT2D eigenvalue weighted by Gasteiger charge is -2.26. The van der Waals surface area contributed by atoms with Crippen LogP contribution in [0.3, 0.4) is 0 Å². The second kappa shape index (κ2) is 19.4. The number of sulfonamides is 2. The predicted octanol–water partition coefficient (Wildman–Crippen LogP) is 4.67. The molecule has 4 aromatic carbocycles. The lowest BCUT2D eigenvalue weighted by molar-refractivity contribution is -0.139. The molecule has 0 saturated carbocycles. The fraction of sp³-hybridized carbons (Fsp3) is 0.308. The van der Waals surface area contributed by atoms with Gasteiger partial charge in [-0.3, -0.25) is 0 Å². The smallest absolute Gasteiger partial charge is 0.408 e. The molecule has 1 unspecified atom stereocenters. The van der Waals surface area contributed by atoms with Gasteiger partial charge in [0.25, 0.3) is 0 Å². The van der Waals surface area contributed by atoms with Crippen LogP contribution >= 0.6 is 22.6 Å². The van der Waals surface area contributed by atoms with Crippen LogP contribution in [0, 0.1) is 3.57 Å². The SMILES string of the molecule is COc1ccc(CN(Cc2ccc(OC)cc2)S(=O)(=O)c2c(S(=O)(=O)NCC(NC(=O)OC(C)(C)C)C(=O)O)ccc(I)c2-c2nnn(Cc3ccc(OC)cc3)n2)cc1. The molecule has 320 valence electrons. The lowest BCUT2D eigenvalue weighted by atomic mass is 10.2. The number of carboxylic acid groups (broad SMARTS) is 1. The number of carbonyl (C=O) groups is 2. The molecule has 5 aromatic rings. The van der Waals surface area contributed by atoms with Crippen LogP contribution in [0.25, 0.3) is 11.4 Å². The lowest BCUT2D eigenvalue weighted by Crippen LogP contribution is -2.49. The number of nitrogens with one attached hydrogen (secondary N) is 2. The topological polar surface area (TPSA) is 230 Å². The Labute approximate surface area is 361 Å². The number of carboxylic acids is 1. The van der Waals surface area contributed by atoms with Crippen molar-refractivity contribution in [3.05, 3.63) is 105 Å². The molecular weight excluding hydrogens is 934 g/mol. The van der Waals surface area contributed by atoms with Crippen molar-refractivity contribution in [2.75, 3.05) is 27.9 Å². The van der Waals surface area contributed by atoms with Crippen LogP contribution in [0.4, 0.5) is 4.79 Å². The Morgan fingerprint density at radius 1 is 0.800 bits per heavy atom. The number of rotatable bonds is 18. The molecule has 0 aliphatic heterocycles. The van der Waals surface area contributed by atoms with E-state index in [0.29, 0.717) is 28.4 Å². The highest BCUT2D eigenvalue weighted by Gasteiger charge is 2.38. The normalized spacial score (nSPS) is 12.5. The van der Waals surface area contributed by atoms with Crippen LogP contribution in [0.2, 0.25) is 0 Å². The Bertz CT molecular complexity index is 2460. The number of hydrogen-bond acceptors (Lipinski definition) is 13. The Morgan fingerprint density at radius 3 is 1.77 bits per heavy atom. The van der Waals surface area contributed by atoms with Gasteiger partial charge in [-0.15, -0.1) is 10.2 Å². The quantitative estimate of drug-likeness (QED) is 0.101. The number of aromatic nitrogens is 4. The fourth-order valence-electron chi connectivity index (χ4n) is 5.66. The number of amides is 1. The van der Waals surface area contributed by atoms with Crippen LogP contribution < -0.4 is 24.2 Å². The van der Waals surface area contributed by atoms with E-state index in [0.717, 1.165) is 15.9 Å². The summed E-state index contributed by atoms with van der Waals surface area (Å²) < 4.78 is 84.1. The van der Waals surface area contributed by atoms with E-state index in [1.54, 1.807) is 93.6 Å². The van der Waals surface area contributed by atoms with Gasteiger partial charge in [-0.25, -0.2) is 31.1 Å². The summed E-state index contributed by atoms with van der Waals surface area (Å²) in [5.41, 5.74) is 0.700. The van der Waals surface area contributed by atoms with Gasteiger partial charge in [0.1, 0.15) is 38.7 Å². The molecule has 0 aliphatic rings. The van der Waals surface area contributed by atoms with Gasteiger partial charge in [0.05, 0.1) is 33.4 Å². The highest BCUT2D eigenvalue weighted by molar-refractivity contribution is 14.1. The van der Waals surface area contributed by atoms with Crippen molar-refractivity contribution in [2.45, 2.75) is 61.8 Å². The summed E-state index contributed by atoms with van der Waals surface area (Å²) in [7, 11) is -5.26. The van der Waals surface area contributed by atoms with Crippen molar-refractivity contribution in [2.24, 2.45) is 0 Å². The fourth-order valence-corrected chi connectivity index (χ4v) is 10.00. The number of alkyl carbamates (subject to hydrolysis) is 1. The van der Waals surface area contributed by atoms with Gasteiger partial charge in [-0.2, -0.15) is 9.10 Å². The first-order valence-corrected chi connectivity index (χ1v) is 22.1. The Hall–Kier alpha value is -5.36. The van der Waals surface area contributed by atoms with E-state index >= 15 is 8.42 Å². The summed E-state index contributed by atoms with van der Waals surface area (Å²) in [6.45, 7) is 3.50. The van der Waals surface area contributed by atoms with Crippen molar-refractivity contribution >= 4 is 54.7 Å². The van der Waals surface area contributed by atoms with Crippen LogP contribution in [0.1, 0.15) is 37.5 Å². The third kappa shape index (κ3) is 11.7. The average molecular weight is 978 g/mol. The van der Waals surface area contributed by atoms with E-state index < -0.39 is 60.1 Å². The van der Waals surface area contributed by atoms with Crippen LogP contribution in [0.5, 0.6) is 17.2 Å². The molecule has 1 heterocycles. The monoisotopic (exact) mass is 977 g/mol. The summed E-state index contributed by atoms with van der Waals surface area (Å²) in [6, 6.07) is 21.1. The molecule has 1 amide bonds. The second-order valence-electron chi connectivity index (χ2n) is 14.1. The van der Waals surface area contributed by atoms with Gasteiger partial charge in [0.2, 0.25) is 25.9 Å². The van der Waals surface area contributed by atoms with Gasteiger partial charge in [0, 0.05) is 23.2 Å². The number of benzene rings is 4. The van der Waals surface area contributed by atoms with Crippen molar-refractivity contribution in [3.8, 4) is 28.6 Å². The van der Waals surface area contributed by atoms with Crippen LogP contribution in [-0.4, -0.2) is 98.0 Å². The van der Waals surface area contributed by atoms with Gasteiger partial charge in [0.15, 0.2) is 0 Å². The largest absolute Gasteiger partial charge is 0.497 e. The molecule has 1 atom stereocenters. The summed E-state index contributed by atoms with van der Waals surface area (Å²) in [4.78, 5) is 24.5. The number of aliphatic carboxylic acids is 1. The summed E-state index contributed by atoms with van der Waals surface area (Å²) in [5.74, 6) is -0.0827. The standard InChI is InChI=1S/C39H44IN7O11S2/c1-39(2,3)58-38(50)42-32(37(48)49)21-41-59(51,52)33-20-19-31(40)34(36-43-45-47(44-36)24-27-11-17-30(57-6)18-12-27)35(33)60(53,54)46(22-25-7-13-28(55-4)14-8-25)23-26-9-15-29(56-5)16-10-26/h7-20,32,41H,21-24H2,1-6H3,(H,42,50)(H,48,49). The molecule has 0 aliphatic carbocycles. The summed E-state index contributed by atoms with van der Waals surface area (Å²) >= 11 is 1.87. The number of halogens is 1.